The molecule has 3 heterocycles. The summed E-state index contributed by atoms with van der Waals surface area (Å²) in [6.07, 6.45) is -1.06. The van der Waals surface area contributed by atoms with E-state index < -0.39 is 17.5 Å². The Hall–Kier alpha value is -2.23. The standard InChI is InChI=1S/C12H13F3N6O/c13-12(14,15)8-2-4-16-10(18-8)21-5-1-3-11(22,7-21)9-6-17-20-19-9/h2,4,6,22H,1,3,5,7H2,(H,17,19,20)/t11-/m1/s1. The maximum atomic E-state index is 12.7. The predicted octanol–water partition coefficient (Wildman–Crippen LogP) is 1.10. The Morgan fingerprint density at radius 2 is 2.18 bits per heavy atom. The number of nitrogens with zero attached hydrogens (tertiary/aromatic N) is 5. The van der Waals surface area contributed by atoms with Gasteiger partial charge in [-0.05, 0) is 18.9 Å². The molecule has 2 N–H and O–H groups in total. The number of aromatic amines is 1. The average Bonchev–Trinajstić information content (AvgIpc) is 3.02. The zero-order valence-corrected chi connectivity index (χ0v) is 11.4. The van der Waals surface area contributed by atoms with Gasteiger partial charge in [-0.2, -0.15) is 28.6 Å². The number of aliphatic hydroxyl groups is 1. The normalized spacial score (nSPS) is 22.8. The lowest BCUT2D eigenvalue weighted by Crippen LogP contribution is -2.47. The van der Waals surface area contributed by atoms with Crippen LogP contribution in [0.3, 0.4) is 0 Å². The quantitative estimate of drug-likeness (QED) is 0.862. The Labute approximate surface area is 123 Å². The van der Waals surface area contributed by atoms with Crippen LogP contribution in [0.5, 0.6) is 0 Å². The van der Waals surface area contributed by atoms with E-state index in [-0.39, 0.29) is 12.5 Å². The fourth-order valence-electron chi connectivity index (χ4n) is 2.50. The van der Waals surface area contributed by atoms with Crippen LogP contribution < -0.4 is 4.90 Å². The molecule has 10 heteroatoms. The fraction of sp³-hybridized carbons (Fsp3) is 0.500. The number of hydrogen-bond donors (Lipinski definition) is 2. The summed E-state index contributed by atoms with van der Waals surface area (Å²) in [7, 11) is 0. The fourth-order valence-corrected chi connectivity index (χ4v) is 2.50. The lowest BCUT2D eigenvalue weighted by atomic mass is 9.90. The molecule has 3 rings (SSSR count). The molecular formula is C12H13F3N6O. The van der Waals surface area contributed by atoms with Crippen molar-refractivity contribution in [3.8, 4) is 0 Å². The number of anilines is 1. The van der Waals surface area contributed by atoms with Crippen molar-refractivity contribution in [1.29, 1.82) is 0 Å². The summed E-state index contributed by atoms with van der Waals surface area (Å²) < 4.78 is 38.2. The van der Waals surface area contributed by atoms with Gasteiger partial charge in [0.05, 0.1) is 12.7 Å². The first-order valence-electron chi connectivity index (χ1n) is 6.62. The first kappa shape index (κ1) is 14.7. The lowest BCUT2D eigenvalue weighted by Gasteiger charge is -2.37. The molecule has 22 heavy (non-hydrogen) atoms. The van der Waals surface area contributed by atoms with Crippen LogP contribution in [-0.2, 0) is 11.8 Å². The van der Waals surface area contributed by atoms with Crippen LogP contribution in [0.1, 0.15) is 24.2 Å². The number of nitrogens with one attached hydrogen (secondary N) is 1. The van der Waals surface area contributed by atoms with E-state index in [9.17, 15) is 18.3 Å². The zero-order valence-electron chi connectivity index (χ0n) is 11.4. The van der Waals surface area contributed by atoms with Gasteiger partial charge in [0.2, 0.25) is 5.95 Å². The van der Waals surface area contributed by atoms with Crippen LogP contribution in [-0.4, -0.2) is 43.6 Å². The molecule has 2 aromatic heterocycles. The number of aromatic nitrogens is 5. The number of H-pyrrole nitrogens is 1. The van der Waals surface area contributed by atoms with Crippen LogP contribution >= 0.6 is 0 Å². The van der Waals surface area contributed by atoms with Gasteiger partial charge in [0, 0.05) is 12.7 Å². The largest absolute Gasteiger partial charge is 0.433 e. The van der Waals surface area contributed by atoms with Crippen molar-refractivity contribution >= 4 is 5.95 Å². The summed E-state index contributed by atoms with van der Waals surface area (Å²) in [5.74, 6) is -0.0588. The van der Waals surface area contributed by atoms with Gasteiger partial charge in [0.15, 0.2) is 0 Å². The van der Waals surface area contributed by atoms with E-state index >= 15 is 0 Å². The molecule has 0 unspecified atom stereocenters. The molecule has 0 spiro atoms. The summed E-state index contributed by atoms with van der Waals surface area (Å²) >= 11 is 0. The van der Waals surface area contributed by atoms with Gasteiger partial charge >= 0.3 is 6.18 Å². The highest BCUT2D eigenvalue weighted by atomic mass is 19.4. The van der Waals surface area contributed by atoms with Gasteiger partial charge in [-0.25, -0.2) is 9.97 Å². The van der Waals surface area contributed by atoms with E-state index in [2.05, 4.69) is 25.4 Å². The Morgan fingerprint density at radius 1 is 1.36 bits per heavy atom. The lowest BCUT2D eigenvalue weighted by molar-refractivity contribution is -0.141. The van der Waals surface area contributed by atoms with Crippen LogP contribution in [0.25, 0.3) is 0 Å². The highest BCUT2D eigenvalue weighted by Gasteiger charge is 2.39. The van der Waals surface area contributed by atoms with E-state index in [1.165, 1.54) is 11.1 Å². The minimum Gasteiger partial charge on any atom is -0.382 e. The van der Waals surface area contributed by atoms with E-state index in [0.717, 1.165) is 12.3 Å². The molecule has 1 atom stereocenters. The molecule has 0 aliphatic carbocycles. The summed E-state index contributed by atoms with van der Waals surface area (Å²) in [5, 5.41) is 20.6. The highest BCUT2D eigenvalue weighted by Crippen LogP contribution is 2.32. The van der Waals surface area contributed by atoms with Gasteiger partial charge in [0.1, 0.15) is 17.0 Å². The minimum atomic E-state index is -4.53. The van der Waals surface area contributed by atoms with Gasteiger partial charge in [0.25, 0.3) is 0 Å². The van der Waals surface area contributed by atoms with Crippen molar-refractivity contribution in [3.05, 3.63) is 29.8 Å². The molecule has 0 saturated carbocycles. The molecule has 0 aromatic carbocycles. The highest BCUT2D eigenvalue weighted by molar-refractivity contribution is 5.34. The van der Waals surface area contributed by atoms with E-state index in [4.69, 9.17) is 0 Å². The maximum absolute atomic E-state index is 12.7. The van der Waals surface area contributed by atoms with Crippen molar-refractivity contribution < 1.29 is 18.3 Å². The predicted molar refractivity (Wildman–Crippen MR) is 68.8 cm³/mol. The Bertz CT molecular complexity index is 647. The second-order valence-electron chi connectivity index (χ2n) is 5.15. The Morgan fingerprint density at radius 3 is 2.86 bits per heavy atom. The molecule has 118 valence electrons. The van der Waals surface area contributed by atoms with Crippen LogP contribution in [0.4, 0.5) is 19.1 Å². The van der Waals surface area contributed by atoms with Crippen molar-refractivity contribution in [2.45, 2.75) is 24.6 Å². The average molecular weight is 314 g/mol. The SMILES string of the molecule is O[C@]1(c2cn[nH]n2)CCCN(c2nccc(C(F)(F)F)n2)C1. The number of hydrogen-bond acceptors (Lipinski definition) is 6. The summed E-state index contributed by atoms with van der Waals surface area (Å²) in [4.78, 5) is 8.95. The topological polar surface area (TPSA) is 90.8 Å². The number of β-amino-alcohol motifs (C(OH)–C–C–N with tert-alkyl or cyclic N) is 1. The van der Waals surface area contributed by atoms with Crippen LogP contribution in [0.2, 0.25) is 0 Å². The second kappa shape index (κ2) is 5.20. The molecule has 0 bridgehead atoms. The van der Waals surface area contributed by atoms with Crippen molar-refractivity contribution in [3.63, 3.8) is 0 Å². The van der Waals surface area contributed by atoms with Gasteiger partial charge in [-0.1, -0.05) is 0 Å². The molecule has 1 aliphatic rings. The second-order valence-corrected chi connectivity index (χ2v) is 5.15. The van der Waals surface area contributed by atoms with Crippen LogP contribution in [0.15, 0.2) is 18.5 Å². The minimum absolute atomic E-state index is 0.0564. The van der Waals surface area contributed by atoms with Gasteiger partial charge in [-0.3, -0.25) is 0 Å². The molecule has 1 aliphatic heterocycles. The Kier molecular flexibility index (Phi) is 3.47. The summed E-state index contributed by atoms with van der Waals surface area (Å²) in [5.41, 5.74) is -1.94. The molecular weight excluding hydrogens is 301 g/mol. The number of piperidine rings is 1. The molecule has 1 fully saturated rings. The van der Waals surface area contributed by atoms with Crippen molar-refractivity contribution in [1.82, 2.24) is 25.4 Å². The van der Waals surface area contributed by atoms with E-state index in [0.29, 0.717) is 25.1 Å². The van der Waals surface area contributed by atoms with Gasteiger partial charge < -0.3 is 10.0 Å². The third kappa shape index (κ3) is 2.73. The third-order valence-corrected chi connectivity index (χ3v) is 3.58. The molecule has 7 nitrogen and oxygen atoms in total. The summed E-state index contributed by atoms with van der Waals surface area (Å²) in [6.45, 7) is 0.516. The van der Waals surface area contributed by atoms with E-state index in [1.807, 2.05) is 0 Å². The monoisotopic (exact) mass is 314 g/mol. The van der Waals surface area contributed by atoms with Crippen molar-refractivity contribution in [2.24, 2.45) is 0 Å². The Balaban J connectivity index is 1.86. The molecule has 0 amide bonds. The zero-order chi connectivity index (χ0) is 15.8. The molecule has 0 radical (unpaired) electrons. The van der Waals surface area contributed by atoms with Crippen molar-refractivity contribution in [2.75, 3.05) is 18.0 Å². The number of rotatable bonds is 2. The maximum Gasteiger partial charge on any atom is 0.433 e. The molecule has 2 aromatic rings. The van der Waals surface area contributed by atoms with E-state index in [1.54, 1.807) is 0 Å². The first-order valence-corrected chi connectivity index (χ1v) is 6.62. The number of halogens is 3. The van der Waals surface area contributed by atoms with Gasteiger partial charge in [-0.15, -0.1) is 0 Å². The third-order valence-electron chi connectivity index (χ3n) is 3.58. The smallest absolute Gasteiger partial charge is 0.382 e. The molecule has 1 saturated heterocycles. The van der Waals surface area contributed by atoms with Crippen LogP contribution in [0, 0.1) is 0 Å². The summed E-state index contributed by atoms with van der Waals surface area (Å²) in [6, 6.07) is 0.817. The first-order chi connectivity index (χ1) is 10.4. The number of alkyl halides is 3.